The first-order chi connectivity index (χ1) is 18.2. The van der Waals surface area contributed by atoms with Crippen LogP contribution in [-0.4, -0.2) is 67.8 Å². The van der Waals surface area contributed by atoms with Crippen molar-refractivity contribution in [1.82, 2.24) is 0 Å². The molecule has 0 aromatic rings. The molecule has 1 aliphatic heterocycles. The summed E-state index contributed by atoms with van der Waals surface area (Å²) < 4.78 is 22.8. The topological polar surface area (TPSA) is 77.4 Å². The van der Waals surface area contributed by atoms with Gasteiger partial charge in [-0.2, -0.15) is 0 Å². The van der Waals surface area contributed by atoms with E-state index in [9.17, 15) is 10.2 Å². The minimum Gasteiger partial charge on any atom is -0.387 e. The van der Waals surface area contributed by atoms with E-state index in [0.29, 0.717) is 13.2 Å². The van der Waals surface area contributed by atoms with Crippen LogP contribution in [-0.2, 0) is 18.9 Å². The fourth-order valence-electron chi connectivity index (χ4n) is 5.13. The van der Waals surface area contributed by atoms with Crippen molar-refractivity contribution in [2.24, 2.45) is 0 Å². The van der Waals surface area contributed by atoms with Crippen LogP contribution in [0.3, 0.4) is 0 Å². The lowest BCUT2D eigenvalue weighted by Crippen LogP contribution is -2.60. The molecule has 0 saturated carbocycles. The highest BCUT2D eigenvalue weighted by molar-refractivity contribution is 4.90. The number of unbranched alkanes of at least 4 members (excludes halogenated alkanes) is 18. The Bertz CT molecular complexity index is 477. The molecular weight excluding hydrogens is 468 g/mol. The fourth-order valence-corrected chi connectivity index (χ4v) is 5.13. The van der Waals surface area contributed by atoms with Gasteiger partial charge in [0.15, 0.2) is 6.29 Å². The molecule has 0 spiro atoms. The molecule has 0 radical (unpaired) electrons. The smallest absolute Gasteiger partial charge is 0.186 e. The normalized spacial score (nSPS) is 24.1. The molecule has 1 rings (SSSR count). The van der Waals surface area contributed by atoms with Gasteiger partial charge < -0.3 is 29.2 Å². The van der Waals surface area contributed by atoms with E-state index in [2.05, 4.69) is 13.8 Å². The van der Waals surface area contributed by atoms with Gasteiger partial charge >= 0.3 is 0 Å². The zero-order valence-electron chi connectivity index (χ0n) is 24.7. The van der Waals surface area contributed by atoms with Crippen LogP contribution >= 0.6 is 0 Å². The van der Waals surface area contributed by atoms with E-state index in [4.69, 9.17) is 18.9 Å². The number of rotatable bonds is 26. The number of hydrogen-bond acceptors (Lipinski definition) is 6. The van der Waals surface area contributed by atoms with E-state index in [1.54, 1.807) is 0 Å². The average molecular weight is 531 g/mol. The molecule has 2 N–H and O–H groups in total. The van der Waals surface area contributed by atoms with Crippen LogP contribution in [0.25, 0.3) is 0 Å². The Kier molecular flexibility index (Phi) is 23.3. The monoisotopic (exact) mass is 530 g/mol. The minimum atomic E-state index is -1.01. The highest BCUT2D eigenvalue weighted by atomic mass is 16.7. The Hall–Kier alpha value is -0.240. The summed E-state index contributed by atoms with van der Waals surface area (Å²) in [6.07, 6.45) is 21.5. The van der Waals surface area contributed by atoms with E-state index in [1.165, 1.54) is 116 Å². The highest BCUT2D eigenvalue weighted by Crippen LogP contribution is 2.25. The third-order valence-corrected chi connectivity index (χ3v) is 7.61. The molecule has 6 nitrogen and oxygen atoms in total. The summed E-state index contributed by atoms with van der Waals surface area (Å²) in [4.78, 5) is 0. The second-order valence-corrected chi connectivity index (χ2v) is 11.0. The van der Waals surface area contributed by atoms with Gasteiger partial charge in [-0.05, 0) is 12.8 Å². The summed E-state index contributed by atoms with van der Waals surface area (Å²) in [7, 11) is 1.51. The molecule has 0 aliphatic carbocycles. The number of aliphatic hydroxyl groups excluding tert-OH is 2. The number of methoxy groups -OCH3 is 1. The van der Waals surface area contributed by atoms with Gasteiger partial charge in [0.25, 0.3) is 0 Å². The SMILES string of the molecule is CCCCCCCCCCCCOC[C@H]1O[C@@H](OC)[C@H](O)[C@@H](OCCCCCCCCCCCC)[C@H]1O. The first-order valence-corrected chi connectivity index (χ1v) is 15.9. The van der Waals surface area contributed by atoms with Gasteiger partial charge in [0, 0.05) is 20.3 Å². The quantitative estimate of drug-likeness (QED) is 0.114. The maximum Gasteiger partial charge on any atom is 0.186 e. The molecule has 0 aromatic heterocycles. The lowest BCUT2D eigenvalue weighted by Gasteiger charge is -2.41. The van der Waals surface area contributed by atoms with Gasteiger partial charge in [-0.25, -0.2) is 0 Å². The average Bonchev–Trinajstić information content (AvgIpc) is 2.90. The minimum absolute atomic E-state index is 0.281. The first kappa shape index (κ1) is 34.8. The van der Waals surface area contributed by atoms with Crippen LogP contribution in [0.15, 0.2) is 0 Å². The van der Waals surface area contributed by atoms with E-state index in [-0.39, 0.29) is 6.61 Å². The third-order valence-electron chi connectivity index (χ3n) is 7.61. The van der Waals surface area contributed by atoms with Crippen molar-refractivity contribution in [3.05, 3.63) is 0 Å². The fraction of sp³-hybridized carbons (Fsp3) is 1.00. The molecule has 0 bridgehead atoms. The molecule has 6 heteroatoms. The van der Waals surface area contributed by atoms with Gasteiger partial charge in [0.05, 0.1) is 6.61 Å². The molecule has 222 valence electrons. The summed E-state index contributed by atoms with van der Waals surface area (Å²) in [6, 6.07) is 0. The summed E-state index contributed by atoms with van der Waals surface area (Å²) in [5.41, 5.74) is 0. The third kappa shape index (κ3) is 17.1. The summed E-state index contributed by atoms with van der Waals surface area (Å²) in [6.45, 7) is 5.98. The molecule has 1 saturated heterocycles. The van der Waals surface area contributed by atoms with Gasteiger partial charge in [-0.1, -0.05) is 129 Å². The lowest BCUT2D eigenvalue weighted by atomic mass is 9.99. The van der Waals surface area contributed by atoms with Crippen LogP contribution in [0.4, 0.5) is 0 Å². The van der Waals surface area contributed by atoms with Crippen molar-refractivity contribution in [3.8, 4) is 0 Å². The van der Waals surface area contributed by atoms with E-state index >= 15 is 0 Å². The molecule has 0 aromatic carbocycles. The predicted octanol–water partition coefficient (Wildman–Crippen LogP) is 7.32. The van der Waals surface area contributed by atoms with Crippen LogP contribution in [0, 0.1) is 0 Å². The zero-order chi connectivity index (χ0) is 27.0. The molecule has 0 amide bonds. The Morgan fingerprint density at radius 1 is 0.568 bits per heavy atom. The van der Waals surface area contributed by atoms with Crippen LogP contribution in [0.2, 0.25) is 0 Å². The van der Waals surface area contributed by atoms with Crippen molar-refractivity contribution in [2.75, 3.05) is 26.9 Å². The molecule has 0 unspecified atom stereocenters. The van der Waals surface area contributed by atoms with Crippen molar-refractivity contribution >= 4 is 0 Å². The zero-order valence-corrected chi connectivity index (χ0v) is 24.7. The summed E-state index contributed by atoms with van der Waals surface area (Å²) >= 11 is 0. The Morgan fingerprint density at radius 2 is 1.00 bits per heavy atom. The maximum atomic E-state index is 10.8. The van der Waals surface area contributed by atoms with Crippen LogP contribution in [0.5, 0.6) is 0 Å². The lowest BCUT2D eigenvalue weighted by molar-refractivity contribution is -0.303. The Morgan fingerprint density at radius 3 is 1.46 bits per heavy atom. The Balaban J connectivity index is 2.14. The standard InChI is InChI=1S/C31H62O6/c1-4-6-8-10-12-14-16-18-20-22-24-35-26-27-28(32)30(29(33)31(34-3)37-27)36-25-23-21-19-17-15-13-11-9-7-5-2/h27-33H,4-26H2,1-3H3/t27-,28+,29-,30+,31-/m1/s1. The van der Waals surface area contributed by atoms with Gasteiger partial charge in [0.1, 0.15) is 24.4 Å². The number of hydrogen-bond donors (Lipinski definition) is 2. The molecule has 5 atom stereocenters. The van der Waals surface area contributed by atoms with Crippen LogP contribution in [0.1, 0.15) is 142 Å². The van der Waals surface area contributed by atoms with Gasteiger partial charge in [-0.15, -0.1) is 0 Å². The molecular formula is C31H62O6. The van der Waals surface area contributed by atoms with Gasteiger partial charge in [-0.3, -0.25) is 0 Å². The van der Waals surface area contributed by atoms with Crippen molar-refractivity contribution < 1.29 is 29.2 Å². The number of ether oxygens (including phenoxy) is 4. The maximum absolute atomic E-state index is 10.8. The van der Waals surface area contributed by atoms with Crippen molar-refractivity contribution in [2.45, 2.75) is 173 Å². The van der Waals surface area contributed by atoms with E-state index in [1.807, 2.05) is 0 Å². The van der Waals surface area contributed by atoms with Crippen LogP contribution < -0.4 is 0 Å². The second-order valence-electron chi connectivity index (χ2n) is 11.0. The molecule has 1 fully saturated rings. The molecule has 37 heavy (non-hydrogen) atoms. The largest absolute Gasteiger partial charge is 0.387 e. The predicted molar refractivity (Wildman–Crippen MR) is 152 cm³/mol. The summed E-state index contributed by atoms with van der Waals surface area (Å²) in [5.74, 6) is 0. The molecule has 1 aliphatic rings. The molecule has 1 heterocycles. The van der Waals surface area contributed by atoms with Crippen molar-refractivity contribution in [1.29, 1.82) is 0 Å². The summed E-state index contributed by atoms with van der Waals surface area (Å²) in [5, 5.41) is 21.4. The number of aliphatic hydroxyl groups is 2. The Labute approximate surface area is 229 Å². The second kappa shape index (κ2) is 24.8. The first-order valence-electron chi connectivity index (χ1n) is 15.9. The highest BCUT2D eigenvalue weighted by Gasteiger charge is 2.45. The van der Waals surface area contributed by atoms with Gasteiger partial charge in [0.2, 0.25) is 0 Å². The van der Waals surface area contributed by atoms with Crippen molar-refractivity contribution in [3.63, 3.8) is 0 Å². The van der Waals surface area contributed by atoms with E-state index < -0.39 is 30.7 Å². The van der Waals surface area contributed by atoms with E-state index in [0.717, 1.165) is 19.3 Å².